The van der Waals surface area contributed by atoms with Crippen LogP contribution in [0.3, 0.4) is 0 Å². The summed E-state index contributed by atoms with van der Waals surface area (Å²) in [6, 6.07) is 7.12. The number of hydrogen-bond acceptors (Lipinski definition) is 5. The fourth-order valence-corrected chi connectivity index (χ4v) is 1.77. The first-order chi connectivity index (χ1) is 10.1. The minimum atomic E-state index is -0.634. The number of ether oxygens (including phenoxy) is 1. The molecule has 0 unspecified atom stereocenters. The molecule has 21 heavy (non-hydrogen) atoms. The first kappa shape index (κ1) is 16.9. The Hall–Kier alpha value is -2.14. The first-order valence-electron chi connectivity index (χ1n) is 6.99. The van der Waals surface area contributed by atoms with E-state index in [-0.39, 0.29) is 31.0 Å². The molecule has 2 N–H and O–H groups in total. The maximum absolute atomic E-state index is 12.0. The molecule has 0 amide bonds. The number of esters is 1. The Balaban J connectivity index is 2.97. The number of anilines is 1. The van der Waals surface area contributed by atoms with E-state index in [1.165, 1.54) is 6.20 Å². The van der Waals surface area contributed by atoms with Crippen LogP contribution in [-0.4, -0.2) is 23.5 Å². The van der Waals surface area contributed by atoms with Gasteiger partial charge in [0.2, 0.25) is 0 Å². The third-order valence-electron chi connectivity index (χ3n) is 2.83. The van der Waals surface area contributed by atoms with Crippen molar-refractivity contribution in [3.63, 3.8) is 0 Å². The van der Waals surface area contributed by atoms with Crippen molar-refractivity contribution in [3.8, 4) is 0 Å². The molecule has 0 aliphatic rings. The van der Waals surface area contributed by atoms with E-state index < -0.39 is 5.97 Å². The molecule has 0 atom stereocenters. The van der Waals surface area contributed by atoms with E-state index in [9.17, 15) is 14.7 Å². The van der Waals surface area contributed by atoms with Gasteiger partial charge in [-0.15, -0.1) is 0 Å². The van der Waals surface area contributed by atoms with Crippen LogP contribution in [0.25, 0.3) is 0 Å². The van der Waals surface area contributed by atoms with Gasteiger partial charge >= 0.3 is 5.97 Å². The summed E-state index contributed by atoms with van der Waals surface area (Å²) in [5, 5.41) is 12.2. The number of aliphatic hydroxyl groups is 1. The molecule has 1 rings (SSSR count). The fraction of sp³-hybridized carbons (Fsp3) is 0.375. The largest absolute Gasteiger partial charge is 0.462 e. The molecular formula is C16H21NO4. The number of rotatable bonds is 8. The summed E-state index contributed by atoms with van der Waals surface area (Å²) in [5.74, 6) is -0.894. The molecule has 0 fully saturated rings. The quantitative estimate of drug-likeness (QED) is 0.333. The average Bonchev–Trinajstić information content (AvgIpc) is 2.48. The van der Waals surface area contributed by atoms with Gasteiger partial charge in [-0.2, -0.15) is 0 Å². The minimum Gasteiger partial charge on any atom is -0.462 e. The highest BCUT2D eigenvalue weighted by Gasteiger charge is 2.18. The van der Waals surface area contributed by atoms with Crippen molar-refractivity contribution in [1.29, 1.82) is 0 Å². The molecule has 0 spiro atoms. The van der Waals surface area contributed by atoms with E-state index in [2.05, 4.69) is 5.32 Å². The molecule has 5 heteroatoms. The lowest BCUT2D eigenvalue weighted by Crippen LogP contribution is -2.17. The van der Waals surface area contributed by atoms with Gasteiger partial charge in [0.25, 0.3) is 0 Å². The van der Waals surface area contributed by atoms with Gasteiger partial charge < -0.3 is 15.2 Å². The summed E-state index contributed by atoms with van der Waals surface area (Å²) in [6.45, 7) is 3.64. The monoisotopic (exact) mass is 291 g/mol. The van der Waals surface area contributed by atoms with Gasteiger partial charge in [0, 0.05) is 23.9 Å². The van der Waals surface area contributed by atoms with Gasteiger partial charge in [0.05, 0.1) is 13.2 Å². The Bertz CT molecular complexity index is 503. The zero-order valence-corrected chi connectivity index (χ0v) is 12.4. The minimum absolute atomic E-state index is 0.00792. The number of para-hydroxylation sites is 1. The number of nitrogens with one attached hydrogen (secondary N) is 1. The Labute approximate surface area is 124 Å². The highest BCUT2D eigenvalue weighted by atomic mass is 16.5. The van der Waals surface area contributed by atoms with Gasteiger partial charge in [-0.1, -0.05) is 25.1 Å². The number of Topliss-reactive ketones (excluding diaryl/α,β-unsaturated/α-hetero) is 1. The van der Waals surface area contributed by atoms with Crippen molar-refractivity contribution in [2.24, 2.45) is 0 Å². The lowest BCUT2D eigenvalue weighted by molar-refractivity contribution is -0.140. The summed E-state index contributed by atoms with van der Waals surface area (Å²) in [4.78, 5) is 23.8. The number of ketones is 1. The van der Waals surface area contributed by atoms with Crippen molar-refractivity contribution in [1.82, 2.24) is 0 Å². The molecule has 1 aromatic carbocycles. The van der Waals surface area contributed by atoms with Crippen molar-refractivity contribution >= 4 is 17.4 Å². The van der Waals surface area contributed by atoms with Crippen LogP contribution in [-0.2, 0) is 20.9 Å². The van der Waals surface area contributed by atoms with Crippen LogP contribution in [0.2, 0.25) is 0 Å². The molecular weight excluding hydrogens is 270 g/mol. The smallest absolute Gasteiger partial charge is 0.343 e. The lowest BCUT2D eigenvalue weighted by Gasteiger charge is -2.09. The van der Waals surface area contributed by atoms with Crippen LogP contribution in [0, 0.1) is 0 Å². The second-order valence-corrected chi connectivity index (χ2v) is 4.41. The molecule has 0 radical (unpaired) electrons. The Morgan fingerprint density at radius 1 is 1.29 bits per heavy atom. The van der Waals surface area contributed by atoms with Crippen LogP contribution in [0.5, 0.6) is 0 Å². The van der Waals surface area contributed by atoms with E-state index in [0.717, 1.165) is 0 Å². The molecule has 0 saturated heterocycles. The van der Waals surface area contributed by atoms with Crippen molar-refractivity contribution in [3.05, 3.63) is 41.6 Å². The lowest BCUT2D eigenvalue weighted by atomic mass is 10.1. The Morgan fingerprint density at radius 3 is 2.62 bits per heavy atom. The second kappa shape index (κ2) is 8.92. The number of benzene rings is 1. The Kier molecular flexibility index (Phi) is 7.18. The molecule has 0 saturated carbocycles. The molecule has 0 aromatic heterocycles. The molecule has 0 heterocycles. The fourth-order valence-electron chi connectivity index (χ4n) is 1.77. The highest BCUT2D eigenvalue weighted by Crippen LogP contribution is 2.16. The van der Waals surface area contributed by atoms with Crippen LogP contribution in [0.4, 0.5) is 5.69 Å². The Morgan fingerprint density at radius 2 is 2.00 bits per heavy atom. The topological polar surface area (TPSA) is 75.6 Å². The van der Waals surface area contributed by atoms with Crippen LogP contribution in [0.1, 0.15) is 32.3 Å². The number of carbonyl (C=O) groups excluding carboxylic acids is 2. The summed E-state index contributed by atoms with van der Waals surface area (Å²) in [7, 11) is 0. The molecule has 1 aromatic rings. The molecule has 5 nitrogen and oxygen atoms in total. The molecule has 0 aliphatic heterocycles. The van der Waals surface area contributed by atoms with Crippen LogP contribution < -0.4 is 5.32 Å². The molecule has 0 bridgehead atoms. The SMILES string of the molecule is CCCC(=O)/C(=C/Nc1ccccc1CO)C(=O)OCC. The van der Waals surface area contributed by atoms with E-state index in [4.69, 9.17) is 4.74 Å². The van der Waals surface area contributed by atoms with Gasteiger partial charge in [0.15, 0.2) is 5.78 Å². The van der Waals surface area contributed by atoms with Gasteiger partial charge in [-0.25, -0.2) is 4.79 Å². The number of hydrogen-bond donors (Lipinski definition) is 2. The standard InChI is InChI=1S/C16H21NO4/c1-3-7-15(19)13(16(20)21-4-2)10-17-14-9-6-5-8-12(14)11-18/h5-6,8-10,17-18H,3-4,7,11H2,1-2H3/b13-10-. The van der Waals surface area contributed by atoms with Crippen molar-refractivity contribution in [2.45, 2.75) is 33.3 Å². The second-order valence-electron chi connectivity index (χ2n) is 4.41. The van der Waals surface area contributed by atoms with Gasteiger partial charge in [-0.3, -0.25) is 4.79 Å². The van der Waals surface area contributed by atoms with Gasteiger partial charge in [0.1, 0.15) is 5.57 Å². The average molecular weight is 291 g/mol. The van der Waals surface area contributed by atoms with Crippen LogP contribution >= 0.6 is 0 Å². The summed E-state index contributed by atoms with van der Waals surface area (Å²) >= 11 is 0. The van der Waals surface area contributed by atoms with E-state index in [0.29, 0.717) is 17.7 Å². The normalized spacial score (nSPS) is 11.1. The maximum atomic E-state index is 12.0. The zero-order chi connectivity index (χ0) is 15.7. The predicted molar refractivity (Wildman–Crippen MR) is 80.6 cm³/mol. The number of aliphatic hydroxyl groups excluding tert-OH is 1. The third-order valence-corrected chi connectivity index (χ3v) is 2.83. The van der Waals surface area contributed by atoms with Crippen LogP contribution in [0.15, 0.2) is 36.0 Å². The van der Waals surface area contributed by atoms with E-state index in [1.54, 1.807) is 31.2 Å². The maximum Gasteiger partial charge on any atom is 0.343 e. The highest BCUT2D eigenvalue weighted by molar-refractivity contribution is 6.17. The van der Waals surface area contributed by atoms with E-state index in [1.807, 2.05) is 6.92 Å². The molecule has 0 aliphatic carbocycles. The summed E-state index contributed by atoms with van der Waals surface area (Å²) in [5.41, 5.74) is 1.32. The summed E-state index contributed by atoms with van der Waals surface area (Å²) < 4.78 is 4.90. The zero-order valence-electron chi connectivity index (χ0n) is 12.4. The molecule has 114 valence electrons. The predicted octanol–water partition coefficient (Wildman–Crippen LogP) is 2.41. The van der Waals surface area contributed by atoms with E-state index >= 15 is 0 Å². The van der Waals surface area contributed by atoms with Gasteiger partial charge in [-0.05, 0) is 19.4 Å². The summed E-state index contributed by atoms with van der Waals surface area (Å²) in [6.07, 6.45) is 2.29. The third kappa shape index (κ3) is 5.04. The first-order valence-corrected chi connectivity index (χ1v) is 6.99. The van der Waals surface area contributed by atoms with Crippen molar-refractivity contribution in [2.75, 3.05) is 11.9 Å². The number of carbonyl (C=O) groups is 2. The van der Waals surface area contributed by atoms with Crippen molar-refractivity contribution < 1.29 is 19.4 Å².